The molecule has 1 aliphatic heterocycles. The Labute approximate surface area is 175 Å². The van der Waals surface area contributed by atoms with Crippen LogP contribution in [0.25, 0.3) is 10.4 Å². The fraction of sp³-hybridized carbons (Fsp3) is 0.450. The van der Waals surface area contributed by atoms with Crippen molar-refractivity contribution >= 4 is 38.7 Å². The van der Waals surface area contributed by atoms with Gasteiger partial charge < -0.3 is 9.80 Å². The summed E-state index contributed by atoms with van der Waals surface area (Å²) in [5.74, 6) is -0.155. The third-order valence-corrected chi connectivity index (χ3v) is 8.23. The fourth-order valence-corrected chi connectivity index (χ4v) is 6.67. The summed E-state index contributed by atoms with van der Waals surface area (Å²) < 4.78 is 25.2. The summed E-state index contributed by atoms with van der Waals surface area (Å²) in [5, 5.41) is 0.395. The summed E-state index contributed by atoms with van der Waals surface area (Å²) in [6.07, 6.45) is 0.907. The number of nitrogens with zero attached hydrogens (tertiary/aromatic N) is 2. The lowest BCUT2D eigenvalue weighted by molar-refractivity contribution is 0.0793. The molecule has 5 nitrogen and oxygen atoms in total. The van der Waals surface area contributed by atoms with Crippen LogP contribution in [0.3, 0.4) is 0 Å². The third-order valence-electron chi connectivity index (χ3n) is 5.10. The van der Waals surface area contributed by atoms with Crippen LogP contribution in [0.1, 0.15) is 35.5 Å². The number of hydrogen-bond acceptors (Lipinski definition) is 5. The van der Waals surface area contributed by atoms with Gasteiger partial charge in [-0.25, -0.2) is 8.42 Å². The van der Waals surface area contributed by atoms with E-state index in [1.54, 1.807) is 30.1 Å². The topological polar surface area (TPSA) is 57.7 Å². The van der Waals surface area contributed by atoms with E-state index in [2.05, 4.69) is 18.7 Å². The van der Waals surface area contributed by atoms with Crippen molar-refractivity contribution in [3.63, 3.8) is 0 Å². The molecule has 0 atom stereocenters. The van der Waals surface area contributed by atoms with Crippen LogP contribution in [0.2, 0.25) is 5.02 Å². The Kier molecular flexibility index (Phi) is 6.49. The van der Waals surface area contributed by atoms with Crippen LogP contribution in [0.5, 0.6) is 0 Å². The van der Waals surface area contributed by atoms with Crippen LogP contribution in [0, 0.1) is 0 Å². The summed E-state index contributed by atoms with van der Waals surface area (Å²) >= 11 is 7.36. The second-order valence-corrected chi connectivity index (χ2v) is 10.4. The highest BCUT2D eigenvalue weighted by Crippen LogP contribution is 2.43. The Bertz CT molecular complexity index is 981. The first-order chi connectivity index (χ1) is 13.3. The maximum absolute atomic E-state index is 12.9. The highest BCUT2D eigenvalue weighted by molar-refractivity contribution is 7.91. The molecule has 0 spiro atoms. The van der Waals surface area contributed by atoms with Gasteiger partial charge in [0.2, 0.25) is 0 Å². The molecule has 28 heavy (non-hydrogen) atoms. The van der Waals surface area contributed by atoms with E-state index in [1.807, 2.05) is 0 Å². The Morgan fingerprint density at radius 1 is 1.18 bits per heavy atom. The molecule has 2 aromatic rings. The lowest BCUT2D eigenvalue weighted by atomic mass is 10.1. The Hall–Kier alpha value is -1.41. The van der Waals surface area contributed by atoms with Crippen LogP contribution < -0.4 is 0 Å². The smallest absolute Gasteiger partial charge is 0.263 e. The van der Waals surface area contributed by atoms with E-state index in [4.69, 9.17) is 11.6 Å². The predicted molar refractivity (Wildman–Crippen MR) is 115 cm³/mol. The normalized spacial score (nSPS) is 14.6. The number of thiophene rings is 1. The van der Waals surface area contributed by atoms with Crippen LogP contribution in [-0.4, -0.2) is 57.4 Å². The number of hydrogen-bond donors (Lipinski definition) is 0. The summed E-state index contributed by atoms with van der Waals surface area (Å²) in [5.41, 5.74) is 1.33. The highest BCUT2D eigenvalue weighted by atomic mass is 35.5. The van der Waals surface area contributed by atoms with Crippen molar-refractivity contribution in [2.45, 2.75) is 30.9 Å². The second kappa shape index (κ2) is 8.53. The quantitative estimate of drug-likeness (QED) is 0.648. The van der Waals surface area contributed by atoms with Crippen LogP contribution in [0.4, 0.5) is 0 Å². The molecule has 1 aromatic heterocycles. The van der Waals surface area contributed by atoms with E-state index < -0.39 is 9.84 Å². The van der Waals surface area contributed by atoms with Crippen molar-refractivity contribution in [1.29, 1.82) is 0 Å². The summed E-state index contributed by atoms with van der Waals surface area (Å²) in [7, 11) is -1.65. The number of amides is 1. The zero-order valence-electron chi connectivity index (χ0n) is 16.4. The minimum atomic E-state index is -3.45. The van der Waals surface area contributed by atoms with Crippen molar-refractivity contribution in [2.75, 3.05) is 33.2 Å². The van der Waals surface area contributed by atoms with E-state index >= 15 is 0 Å². The molecular formula is C20H25ClN2O3S2. The monoisotopic (exact) mass is 440 g/mol. The molecule has 0 radical (unpaired) electrons. The molecule has 152 valence electrons. The number of carbonyl (C=O) groups is 1. The number of benzene rings is 1. The van der Waals surface area contributed by atoms with Gasteiger partial charge in [0.15, 0.2) is 9.84 Å². The van der Waals surface area contributed by atoms with E-state index in [0.29, 0.717) is 27.6 Å². The van der Waals surface area contributed by atoms with Gasteiger partial charge in [0.1, 0.15) is 0 Å². The minimum Gasteiger partial charge on any atom is -0.341 e. The van der Waals surface area contributed by atoms with Crippen LogP contribution in [0.15, 0.2) is 29.2 Å². The minimum absolute atomic E-state index is 0.0631. The van der Waals surface area contributed by atoms with Gasteiger partial charge in [-0.1, -0.05) is 31.5 Å². The molecule has 0 aliphatic carbocycles. The number of sulfone groups is 1. The van der Waals surface area contributed by atoms with Gasteiger partial charge in [0, 0.05) is 29.1 Å². The van der Waals surface area contributed by atoms with Crippen LogP contribution >= 0.6 is 22.9 Å². The molecule has 2 heterocycles. The molecule has 1 aliphatic rings. The van der Waals surface area contributed by atoms with Gasteiger partial charge in [0.25, 0.3) is 5.91 Å². The zero-order chi connectivity index (χ0) is 20.5. The molecule has 0 fully saturated rings. The number of carbonyl (C=O) groups excluding carboxylic acids is 1. The van der Waals surface area contributed by atoms with Gasteiger partial charge in [-0.05, 0) is 49.8 Å². The summed E-state index contributed by atoms with van der Waals surface area (Å²) in [4.78, 5) is 18.6. The maximum Gasteiger partial charge on any atom is 0.263 e. The fourth-order valence-electron chi connectivity index (χ4n) is 3.45. The number of halogens is 1. The Balaban J connectivity index is 1.80. The first-order valence-electron chi connectivity index (χ1n) is 9.40. The van der Waals surface area contributed by atoms with Gasteiger partial charge in [-0.15, -0.1) is 11.3 Å². The largest absolute Gasteiger partial charge is 0.341 e. The van der Waals surface area contributed by atoms with E-state index in [9.17, 15) is 13.2 Å². The van der Waals surface area contributed by atoms with E-state index in [-0.39, 0.29) is 16.6 Å². The Morgan fingerprint density at radius 3 is 2.57 bits per heavy atom. The lowest BCUT2D eigenvalue weighted by Gasteiger charge is -2.21. The van der Waals surface area contributed by atoms with Crippen molar-refractivity contribution in [2.24, 2.45) is 0 Å². The second-order valence-electron chi connectivity index (χ2n) is 6.97. The molecule has 0 N–H and O–H groups in total. The SMILES string of the molecule is CCN(CC)CCCN(C)C(=O)c1cc2c(s1)-c1ccc(Cl)cc1S(=O)(=O)C2. The van der Waals surface area contributed by atoms with Crippen molar-refractivity contribution in [3.05, 3.63) is 39.7 Å². The van der Waals surface area contributed by atoms with Gasteiger partial charge in [-0.2, -0.15) is 0 Å². The Morgan fingerprint density at radius 2 is 1.89 bits per heavy atom. The average molecular weight is 441 g/mol. The van der Waals surface area contributed by atoms with Crippen LogP contribution in [-0.2, 0) is 15.6 Å². The van der Waals surface area contributed by atoms with Crippen molar-refractivity contribution < 1.29 is 13.2 Å². The first kappa shape index (κ1) is 21.3. The van der Waals surface area contributed by atoms with Gasteiger partial charge >= 0.3 is 0 Å². The molecule has 0 bridgehead atoms. The molecule has 1 aromatic carbocycles. The molecule has 1 amide bonds. The number of rotatable bonds is 7. The molecule has 8 heteroatoms. The standard InChI is InChI=1S/C20H25ClN2O3S2/c1-4-23(5-2)10-6-9-22(3)20(24)17-11-14-13-28(25,26)18-12-15(21)7-8-16(18)19(14)27-17/h7-8,11-12H,4-6,9-10,13H2,1-3H3. The first-order valence-corrected chi connectivity index (χ1v) is 12.2. The van der Waals surface area contributed by atoms with Gasteiger partial charge in [0.05, 0.1) is 15.5 Å². The molecule has 0 saturated carbocycles. The van der Waals surface area contributed by atoms with E-state index in [0.717, 1.165) is 30.9 Å². The summed E-state index contributed by atoms with van der Waals surface area (Å²) in [6.45, 7) is 7.90. The molecule has 3 rings (SSSR count). The van der Waals surface area contributed by atoms with Crippen molar-refractivity contribution in [1.82, 2.24) is 9.80 Å². The third kappa shape index (κ3) is 4.27. The summed E-state index contributed by atoms with van der Waals surface area (Å²) in [6, 6.07) is 6.64. The maximum atomic E-state index is 12.9. The lowest BCUT2D eigenvalue weighted by Crippen LogP contribution is -2.31. The van der Waals surface area contributed by atoms with Crippen molar-refractivity contribution in [3.8, 4) is 10.4 Å². The highest BCUT2D eigenvalue weighted by Gasteiger charge is 2.31. The number of fused-ring (bicyclic) bond motifs is 3. The molecular weight excluding hydrogens is 416 g/mol. The predicted octanol–water partition coefficient (Wildman–Crippen LogP) is 4.16. The average Bonchev–Trinajstić information content (AvgIpc) is 3.07. The van der Waals surface area contributed by atoms with E-state index in [1.165, 1.54) is 17.4 Å². The zero-order valence-corrected chi connectivity index (χ0v) is 18.8. The van der Waals surface area contributed by atoms with Gasteiger partial charge in [-0.3, -0.25) is 4.79 Å². The molecule has 0 unspecified atom stereocenters. The molecule has 0 saturated heterocycles.